The molecule has 2 aromatic rings. The van der Waals surface area contributed by atoms with Crippen LogP contribution >= 0.6 is 11.6 Å². The predicted molar refractivity (Wildman–Crippen MR) is 108 cm³/mol. The summed E-state index contributed by atoms with van der Waals surface area (Å²) in [5.41, 5.74) is 2.48. The van der Waals surface area contributed by atoms with E-state index < -0.39 is 0 Å². The summed E-state index contributed by atoms with van der Waals surface area (Å²) in [4.78, 5) is 14.9. The fraction of sp³-hybridized carbons (Fsp3) is 0.435. The van der Waals surface area contributed by atoms with Crippen LogP contribution in [-0.4, -0.2) is 31.0 Å². The molecule has 0 radical (unpaired) electrons. The second kappa shape index (κ2) is 7.93. The molecule has 0 N–H and O–H groups in total. The lowest BCUT2D eigenvalue weighted by atomic mass is 9.90. The first-order chi connectivity index (χ1) is 13.2. The minimum Gasteiger partial charge on any atom is -0.497 e. The summed E-state index contributed by atoms with van der Waals surface area (Å²) >= 11 is 6.30. The number of hydrogen-bond donors (Lipinski definition) is 0. The van der Waals surface area contributed by atoms with E-state index in [-0.39, 0.29) is 5.92 Å². The van der Waals surface area contributed by atoms with Crippen LogP contribution in [0, 0.1) is 11.8 Å². The number of carbonyl (C=O) groups excluding carboxylic acids is 1. The Morgan fingerprint density at radius 2 is 1.81 bits per heavy atom. The Kier molecular flexibility index (Phi) is 5.40. The quantitative estimate of drug-likeness (QED) is 0.732. The van der Waals surface area contributed by atoms with Crippen LogP contribution < -0.4 is 4.74 Å². The van der Waals surface area contributed by atoms with Gasteiger partial charge in [0.15, 0.2) is 0 Å². The molecule has 1 amide bonds. The number of nitrogens with zero attached hydrogens (tertiary/aromatic N) is 1. The summed E-state index contributed by atoms with van der Waals surface area (Å²) in [6.07, 6.45) is 4.19. The summed E-state index contributed by atoms with van der Waals surface area (Å²) in [6.45, 7) is 1.76. The number of hydrogen-bond acceptors (Lipinski definition) is 2. The molecule has 1 aliphatic carbocycles. The number of methoxy groups -OCH3 is 1. The molecule has 0 bridgehead atoms. The molecule has 2 aliphatic rings. The first-order valence-electron chi connectivity index (χ1n) is 9.82. The van der Waals surface area contributed by atoms with Crippen molar-refractivity contribution in [3.63, 3.8) is 0 Å². The lowest BCUT2D eigenvalue weighted by molar-refractivity contribution is -0.134. The van der Waals surface area contributed by atoms with Gasteiger partial charge < -0.3 is 9.64 Å². The van der Waals surface area contributed by atoms with Crippen LogP contribution in [0.2, 0.25) is 5.02 Å². The van der Waals surface area contributed by atoms with Crippen molar-refractivity contribution in [2.75, 3.05) is 20.2 Å². The van der Waals surface area contributed by atoms with Crippen LogP contribution in [0.25, 0.3) is 0 Å². The molecule has 4 rings (SSSR count). The fourth-order valence-electron chi connectivity index (χ4n) is 4.27. The van der Waals surface area contributed by atoms with Crippen molar-refractivity contribution < 1.29 is 9.53 Å². The van der Waals surface area contributed by atoms with Crippen molar-refractivity contribution >= 4 is 17.5 Å². The Labute approximate surface area is 166 Å². The van der Waals surface area contributed by atoms with E-state index in [4.69, 9.17) is 16.3 Å². The van der Waals surface area contributed by atoms with E-state index in [2.05, 4.69) is 23.1 Å². The zero-order valence-electron chi connectivity index (χ0n) is 15.7. The van der Waals surface area contributed by atoms with Gasteiger partial charge in [-0.15, -0.1) is 0 Å². The molecule has 4 heteroatoms. The predicted octanol–water partition coefficient (Wildman–Crippen LogP) is 4.93. The maximum absolute atomic E-state index is 12.9. The summed E-state index contributed by atoms with van der Waals surface area (Å²) < 4.78 is 5.22. The Bertz CT molecular complexity index is 796. The van der Waals surface area contributed by atoms with Gasteiger partial charge >= 0.3 is 0 Å². The Hall–Kier alpha value is -2.00. The first kappa shape index (κ1) is 18.4. The minimum atomic E-state index is 0.128. The first-order valence-corrected chi connectivity index (χ1v) is 10.2. The number of ether oxygens (including phenoxy) is 1. The highest BCUT2D eigenvalue weighted by molar-refractivity contribution is 6.31. The highest BCUT2D eigenvalue weighted by Gasteiger charge is 2.46. The molecule has 3 nitrogen and oxygen atoms in total. The molecule has 27 heavy (non-hydrogen) atoms. The van der Waals surface area contributed by atoms with Crippen LogP contribution in [0.1, 0.15) is 36.3 Å². The monoisotopic (exact) mass is 383 g/mol. The second-order valence-electron chi connectivity index (χ2n) is 7.79. The normalized spacial score (nSPS) is 22.5. The largest absolute Gasteiger partial charge is 0.497 e. The molecule has 1 saturated carbocycles. The Morgan fingerprint density at radius 3 is 2.48 bits per heavy atom. The van der Waals surface area contributed by atoms with Crippen molar-refractivity contribution in [1.82, 2.24) is 4.90 Å². The van der Waals surface area contributed by atoms with E-state index >= 15 is 0 Å². The van der Waals surface area contributed by atoms with Crippen LogP contribution in [0.4, 0.5) is 0 Å². The summed E-state index contributed by atoms with van der Waals surface area (Å²) in [6, 6.07) is 16.3. The van der Waals surface area contributed by atoms with E-state index in [1.165, 1.54) is 5.56 Å². The number of rotatable bonds is 5. The van der Waals surface area contributed by atoms with Gasteiger partial charge in [0.1, 0.15) is 5.75 Å². The van der Waals surface area contributed by atoms with Crippen LogP contribution in [0.3, 0.4) is 0 Å². The molecule has 1 aliphatic heterocycles. The van der Waals surface area contributed by atoms with Gasteiger partial charge in [0.2, 0.25) is 5.91 Å². The third-order valence-electron chi connectivity index (χ3n) is 6.02. The molecule has 142 valence electrons. The van der Waals surface area contributed by atoms with Gasteiger partial charge in [-0.2, -0.15) is 0 Å². The zero-order valence-corrected chi connectivity index (χ0v) is 16.5. The topological polar surface area (TPSA) is 29.5 Å². The van der Waals surface area contributed by atoms with Crippen molar-refractivity contribution in [2.45, 2.75) is 31.6 Å². The average Bonchev–Trinajstić information content (AvgIpc) is 3.49. The SMILES string of the molecule is COc1ccc(CC2CCN(C(=O)C3CC3c3ccccc3Cl)CC2)cc1. The highest BCUT2D eigenvalue weighted by atomic mass is 35.5. The highest BCUT2D eigenvalue weighted by Crippen LogP contribution is 2.50. The Balaban J connectivity index is 1.28. The second-order valence-corrected chi connectivity index (χ2v) is 8.20. The van der Waals surface area contributed by atoms with Gasteiger partial charge in [0.25, 0.3) is 0 Å². The van der Waals surface area contributed by atoms with Crippen molar-refractivity contribution in [3.05, 3.63) is 64.7 Å². The molecule has 1 saturated heterocycles. The van der Waals surface area contributed by atoms with Gasteiger partial charge in [-0.05, 0) is 66.8 Å². The Morgan fingerprint density at radius 1 is 1.11 bits per heavy atom. The smallest absolute Gasteiger partial charge is 0.226 e. The molecular formula is C23H26ClNO2. The lowest BCUT2D eigenvalue weighted by Gasteiger charge is -2.32. The third-order valence-corrected chi connectivity index (χ3v) is 6.37. The molecule has 0 aromatic heterocycles. The van der Waals surface area contributed by atoms with Gasteiger partial charge in [-0.3, -0.25) is 4.79 Å². The van der Waals surface area contributed by atoms with Crippen LogP contribution in [0.15, 0.2) is 48.5 Å². The van der Waals surface area contributed by atoms with Gasteiger partial charge in [0, 0.05) is 24.0 Å². The van der Waals surface area contributed by atoms with Gasteiger partial charge in [-0.25, -0.2) is 0 Å². The van der Waals surface area contributed by atoms with E-state index in [0.29, 0.717) is 17.7 Å². The molecule has 2 aromatic carbocycles. The van der Waals surface area contributed by atoms with Crippen molar-refractivity contribution in [2.24, 2.45) is 11.8 Å². The maximum Gasteiger partial charge on any atom is 0.226 e. The van der Waals surface area contributed by atoms with Crippen LogP contribution in [-0.2, 0) is 11.2 Å². The molecule has 2 atom stereocenters. The summed E-state index contributed by atoms with van der Waals surface area (Å²) in [7, 11) is 1.69. The number of likely N-dealkylation sites (tertiary alicyclic amines) is 1. The maximum atomic E-state index is 12.9. The molecule has 2 fully saturated rings. The number of halogens is 1. The fourth-order valence-corrected chi connectivity index (χ4v) is 4.55. The third kappa shape index (κ3) is 4.14. The minimum absolute atomic E-state index is 0.128. The number of piperidine rings is 1. The van der Waals surface area contributed by atoms with E-state index in [0.717, 1.165) is 55.1 Å². The number of amides is 1. The summed E-state index contributed by atoms with van der Waals surface area (Å²) in [5.74, 6) is 2.31. The van der Waals surface area contributed by atoms with Crippen LogP contribution in [0.5, 0.6) is 5.75 Å². The lowest BCUT2D eigenvalue weighted by Crippen LogP contribution is -2.40. The van der Waals surface area contributed by atoms with Gasteiger partial charge in [0.05, 0.1) is 7.11 Å². The van der Waals surface area contributed by atoms with E-state index in [9.17, 15) is 4.79 Å². The molecule has 0 spiro atoms. The molecule has 1 heterocycles. The molecule has 2 unspecified atom stereocenters. The van der Waals surface area contributed by atoms with E-state index in [1.807, 2.05) is 30.3 Å². The van der Waals surface area contributed by atoms with Crippen molar-refractivity contribution in [3.8, 4) is 5.75 Å². The van der Waals surface area contributed by atoms with Crippen molar-refractivity contribution in [1.29, 1.82) is 0 Å². The number of benzene rings is 2. The molecular weight excluding hydrogens is 358 g/mol. The summed E-state index contributed by atoms with van der Waals surface area (Å²) in [5, 5.41) is 0.788. The average molecular weight is 384 g/mol. The van der Waals surface area contributed by atoms with Gasteiger partial charge in [-0.1, -0.05) is 41.9 Å². The standard InChI is InChI=1S/C23H26ClNO2/c1-27-18-8-6-16(7-9-18)14-17-10-12-25(13-11-17)23(26)21-15-20(21)19-4-2-3-5-22(19)24/h2-9,17,20-21H,10-15H2,1H3. The number of carbonyl (C=O) groups is 1. The zero-order chi connectivity index (χ0) is 18.8. The van der Waals surface area contributed by atoms with E-state index in [1.54, 1.807) is 7.11 Å².